The average Bonchev–Trinajstić information content (AvgIpc) is 3.57. The van der Waals surface area contributed by atoms with Crippen molar-refractivity contribution < 1.29 is 23.9 Å². The molecule has 31 heavy (non-hydrogen) atoms. The number of carbonyl (C=O) groups excluding carboxylic acids is 4. The largest absolute Gasteiger partial charge is 0.422 e. The van der Waals surface area contributed by atoms with E-state index in [0.717, 1.165) is 6.42 Å². The summed E-state index contributed by atoms with van der Waals surface area (Å²) in [5, 5.41) is 0. The van der Waals surface area contributed by atoms with Gasteiger partial charge in [-0.1, -0.05) is 30.4 Å². The zero-order valence-corrected chi connectivity index (χ0v) is 16.5. The van der Waals surface area contributed by atoms with Crippen LogP contribution in [0.3, 0.4) is 0 Å². The molecule has 2 aromatic carbocycles. The van der Waals surface area contributed by atoms with Crippen LogP contribution in [0.2, 0.25) is 0 Å². The molecule has 6 nitrogen and oxygen atoms in total. The van der Waals surface area contributed by atoms with Gasteiger partial charge in [-0.3, -0.25) is 14.4 Å². The third kappa shape index (κ3) is 2.57. The van der Waals surface area contributed by atoms with E-state index in [9.17, 15) is 19.2 Å². The second-order valence-corrected chi connectivity index (χ2v) is 8.76. The first-order valence-electron chi connectivity index (χ1n) is 10.5. The lowest BCUT2D eigenvalue weighted by Gasteiger charge is -2.37. The number of anilines is 1. The summed E-state index contributed by atoms with van der Waals surface area (Å²) in [6, 6.07) is 12.8. The summed E-state index contributed by atoms with van der Waals surface area (Å²) < 4.78 is 5.38. The number of amides is 2. The van der Waals surface area contributed by atoms with Gasteiger partial charge in [0.05, 0.1) is 28.7 Å². The van der Waals surface area contributed by atoms with Crippen molar-refractivity contribution in [3.05, 3.63) is 71.8 Å². The van der Waals surface area contributed by atoms with Gasteiger partial charge < -0.3 is 4.74 Å². The average molecular weight is 413 g/mol. The van der Waals surface area contributed by atoms with E-state index in [1.807, 2.05) is 0 Å². The second-order valence-electron chi connectivity index (χ2n) is 8.76. The molecule has 2 saturated carbocycles. The predicted octanol–water partition coefficient (Wildman–Crippen LogP) is 3.28. The van der Waals surface area contributed by atoms with Crippen molar-refractivity contribution in [2.24, 2.45) is 35.5 Å². The van der Waals surface area contributed by atoms with Gasteiger partial charge in [-0.15, -0.1) is 0 Å². The lowest BCUT2D eigenvalue weighted by molar-refractivity contribution is -0.124. The normalized spacial score (nSPS) is 31.9. The Morgan fingerprint density at radius 1 is 0.935 bits per heavy atom. The highest BCUT2D eigenvalue weighted by Gasteiger charge is 2.67. The fraction of sp³-hybridized carbons (Fsp3) is 0.280. The van der Waals surface area contributed by atoms with Crippen molar-refractivity contribution in [3.63, 3.8) is 0 Å². The molecule has 4 aliphatic carbocycles. The van der Waals surface area contributed by atoms with E-state index in [-0.39, 0.29) is 52.4 Å². The number of allylic oxidation sites excluding steroid dienone is 2. The number of carbonyl (C=O) groups is 4. The van der Waals surface area contributed by atoms with Crippen molar-refractivity contribution in [2.75, 3.05) is 4.90 Å². The molecule has 2 aromatic rings. The van der Waals surface area contributed by atoms with E-state index in [2.05, 4.69) is 12.2 Å². The molecule has 7 rings (SSSR count). The van der Waals surface area contributed by atoms with Crippen LogP contribution in [0.1, 0.15) is 27.1 Å². The van der Waals surface area contributed by atoms with E-state index in [1.165, 1.54) is 17.0 Å². The second kappa shape index (κ2) is 6.48. The molecule has 2 bridgehead atoms. The monoisotopic (exact) mass is 413 g/mol. The van der Waals surface area contributed by atoms with Crippen LogP contribution in [0.5, 0.6) is 5.75 Å². The van der Waals surface area contributed by atoms with E-state index in [4.69, 9.17) is 4.74 Å². The number of rotatable bonds is 4. The minimum Gasteiger partial charge on any atom is -0.422 e. The lowest BCUT2D eigenvalue weighted by Crippen LogP contribution is -2.40. The minimum absolute atomic E-state index is 0.148. The Balaban J connectivity index is 1.29. The number of ether oxygens (including phenoxy) is 1. The summed E-state index contributed by atoms with van der Waals surface area (Å²) in [6.45, 7) is 0. The first kappa shape index (κ1) is 18.2. The third-order valence-corrected chi connectivity index (χ3v) is 7.25. The molecule has 0 spiro atoms. The smallest absolute Gasteiger partial charge is 0.343 e. The Morgan fingerprint density at radius 2 is 1.61 bits per heavy atom. The van der Waals surface area contributed by atoms with Crippen LogP contribution < -0.4 is 9.64 Å². The summed E-state index contributed by atoms with van der Waals surface area (Å²) in [5.74, 6) is -0.0522. The Bertz CT molecular complexity index is 1150. The van der Waals surface area contributed by atoms with Gasteiger partial charge in [-0.2, -0.15) is 0 Å². The SMILES string of the molecule is O=Cc1ccccc1OC(=O)c1cccc(N2C(=O)[C@H]3[C@@H]4C=C[C@@H]([C@H]5C[C@H]45)[C@@H]3C2=O)c1. The van der Waals surface area contributed by atoms with Crippen LogP contribution in [0.15, 0.2) is 60.7 Å². The molecule has 0 unspecified atom stereocenters. The van der Waals surface area contributed by atoms with Gasteiger partial charge >= 0.3 is 5.97 Å². The summed E-state index contributed by atoms with van der Waals surface area (Å²) >= 11 is 0. The summed E-state index contributed by atoms with van der Waals surface area (Å²) in [6.07, 6.45) is 5.99. The van der Waals surface area contributed by atoms with Gasteiger partial charge in [0.1, 0.15) is 5.75 Å². The van der Waals surface area contributed by atoms with E-state index >= 15 is 0 Å². The molecule has 1 heterocycles. The van der Waals surface area contributed by atoms with Crippen molar-refractivity contribution >= 4 is 29.8 Å². The number of hydrogen-bond acceptors (Lipinski definition) is 5. The Hall–Kier alpha value is -3.54. The van der Waals surface area contributed by atoms with Gasteiger partial charge in [-0.25, -0.2) is 9.69 Å². The van der Waals surface area contributed by atoms with Gasteiger partial charge in [0.15, 0.2) is 6.29 Å². The summed E-state index contributed by atoms with van der Waals surface area (Å²) in [7, 11) is 0. The zero-order chi connectivity index (χ0) is 21.3. The highest BCUT2D eigenvalue weighted by molar-refractivity contribution is 6.23. The van der Waals surface area contributed by atoms with Crippen LogP contribution in [0.25, 0.3) is 0 Å². The summed E-state index contributed by atoms with van der Waals surface area (Å²) in [4.78, 5) is 51.7. The molecule has 0 aromatic heterocycles. The fourth-order valence-electron chi connectivity index (χ4n) is 5.81. The van der Waals surface area contributed by atoms with Crippen molar-refractivity contribution in [2.45, 2.75) is 6.42 Å². The quantitative estimate of drug-likeness (QED) is 0.253. The molecule has 5 aliphatic rings. The van der Waals surface area contributed by atoms with Crippen LogP contribution in [-0.2, 0) is 9.59 Å². The van der Waals surface area contributed by atoms with Crippen molar-refractivity contribution in [3.8, 4) is 5.75 Å². The van der Waals surface area contributed by atoms with Crippen LogP contribution in [0, 0.1) is 35.5 Å². The number of benzene rings is 2. The fourth-order valence-corrected chi connectivity index (χ4v) is 5.81. The molecule has 1 aliphatic heterocycles. The Morgan fingerprint density at radius 3 is 2.29 bits per heavy atom. The third-order valence-electron chi connectivity index (χ3n) is 7.25. The molecule has 154 valence electrons. The molecule has 0 radical (unpaired) electrons. The van der Waals surface area contributed by atoms with Crippen molar-refractivity contribution in [1.29, 1.82) is 0 Å². The maximum Gasteiger partial charge on any atom is 0.343 e. The predicted molar refractivity (Wildman–Crippen MR) is 110 cm³/mol. The molecule has 6 heteroatoms. The lowest BCUT2D eigenvalue weighted by atomic mass is 9.63. The Labute approximate surface area is 178 Å². The number of para-hydroxylation sites is 1. The highest BCUT2D eigenvalue weighted by Crippen LogP contribution is 2.65. The van der Waals surface area contributed by atoms with E-state index < -0.39 is 5.97 Å². The molecular formula is C25H19NO5. The molecule has 6 atom stereocenters. The summed E-state index contributed by atoms with van der Waals surface area (Å²) in [5.41, 5.74) is 0.857. The number of hydrogen-bond donors (Lipinski definition) is 0. The van der Waals surface area contributed by atoms with Gasteiger partial charge in [0.25, 0.3) is 0 Å². The highest BCUT2D eigenvalue weighted by atomic mass is 16.5. The molecular weight excluding hydrogens is 394 g/mol. The van der Waals surface area contributed by atoms with Crippen LogP contribution >= 0.6 is 0 Å². The Kier molecular flexibility index (Phi) is 3.81. The van der Waals surface area contributed by atoms with Gasteiger partial charge in [0.2, 0.25) is 11.8 Å². The number of aldehydes is 1. The molecule has 2 amide bonds. The molecule has 1 saturated heterocycles. The maximum absolute atomic E-state index is 13.3. The van der Waals surface area contributed by atoms with E-state index in [1.54, 1.807) is 36.4 Å². The number of nitrogens with zero attached hydrogens (tertiary/aromatic N) is 1. The standard InChI is InChI=1S/C25H19NO5/c27-12-14-4-1-2-7-20(14)31-25(30)13-5-3-6-15(10-13)26-23(28)21-16-8-9-17(19-11-18(16)19)22(21)24(26)29/h1-10,12,16-19,21-22H,11H2/t16-,17+,18-,19-,21+,22+/m1/s1. The maximum atomic E-state index is 13.3. The van der Waals surface area contributed by atoms with Crippen LogP contribution in [0.4, 0.5) is 5.69 Å². The topological polar surface area (TPSA) is 80.8 Å². The van der Waals surface area contributed by atoms with Gasteiger partial charge in [0, 0.05) is 0 Å². The number of esters is 1. The van der Waals surface area contributed by atoms with E-state index in [0.29, 0.717) is 23.8 Å². The molecule has 3 fully saturated rings. The minimum atomic E-state index is -0.657. The zero-order valence-electron chi connectivity index (χ0n) is 16.5. The van der Waals surface area contributed by atoms with Crippen molar-refractivity contribution in [1.82, 2.24) is 0 Å². The molecule has 0 N–H and O–H groups in total. The van der Waals surface area contributed by atoms with Gasteiger partial charge in [-0.05, 0) is 60.4 Å². The first-order valence-corrected chi connectivity index (χ1v) is 10.5. The number of imide groups is 1. The van der Waals surface area contributed by atoms with Crippen LogP contribution in [-0.4, -0.2) is 24.1 Å². The first-order chi connectivity index (χ1) is 15.1.